The van der Waals surface area contributed by atoms with Crippen LogP contribution in [0.25, 0.3) is 0 Å². The molecular formula is C10H21N3O2. The maximum atomic E-state index is 12.0. The topological polar surface area (TPSA) is 61.4 Å². The lowest BCUT2D eigenvalue weighted by Crippen LogP contribution is -2.54. The summed E-state index contributed by atoms with van der Waals surface area (Å²) < 4.78 is 0. The van der Waals surface area contributed by atoms with Crippen molar-refractivity contribution in [2.75, 3.05) is 27.2 Å². The van der Waals surface area contributed by atoms with Crippen molar-refractivity contribution < 1.29 is 9.59 Å². The number of nitrogens with one attached hydrogen (secondary N) is 2. The van der Waals surface area contributed by atoms with Crippen molar-refractivity contribution in [1.82, 2.24) is 15.5 Å². The van der Waals surface area contributed by atoms with Gasteiger partial charge in [0, 0.05) is 13.6 Å². The summed E-state index contributed by atoms with van der Waals surface area (Å²) in [7, 11) is 3.29. The minimum atomic E-state index is -0.635. The zero-order valence-electron chi connectivity index (χ0n) is 10.2. The predicted molar refractivity (Wildman–Crippen MR) is 59.5 cm³/mol. The summed E-state index contributed by atoms with van der Waals surface area (Å²) in [6.45, 7) is 6.07. The van der Waals surface area contributed by atoms with E-state index in [9.17, 15) is 9.59 Å². The molecule has 0 bridgehead atoms. The van der Waals surface area contributed by atoms with Gasteiger partial charge in [0.05, 0.1) is 12.1 Å². The van der Waals surface area contributed by atoms with Gasteiger partial charge in [0.25, 0.3) is 0 Å². The summed E-state index contributed by atoms with van der Waals surface area (Å²) in [6.07, 6.45) is 0. The first-order valence-electron chi connectivity index (χ1n) is 5.07. The van der Waals surface area contributed by atoms with Crippen LogP contribution in [0.15, 0.2) is 0 Å². The minimum absolute atomic E-state index is 0.0731. The van der Waals surface area contributed by atoms with Gasteiger partial charge in [-0.15, -0.1) is 0 Å². The molecule has 0 radical (unpaired) electrons. The lowest BCUT2D eigenvalue weighted by atomic mass is 10.0. The van der Waals surface area contributed by atoms with E-state index in [-0.39, 0.29) is 18.4 Å². The molecule has 0 aliphatic heterocycles. The van der Waals surface area contributed by atoms with E-state index in [0.29, 0.717) is 6.54 Å². The molecule has 88 valence electrons. The quantitative estimate of drug-likeness (QED) is 0.655. The van der Waals surface area contributed by atoms with Gasteiger partial charge in [-0.05, 0) is 27.8 Å². The van der Waals surface area contributed by atoms with Crippen LogP contribution in [-0.4, -0.2) is 49.4 Å². The molecule has 15 heavy (non-hydrogen) atoms. The van der Waals surface area contributed by atoms with Crippen LogP contribution in [0.4, 0.5) is 0 Å². The second kappa shape index (κ2) is 5.70. The number of likely N-dealkylation sites (N-methyl/N-ethyl adjacent to an activating group) is 3. The number of rotatable bonds is 5. The van der Waals surface area contributed by atoms with E-state index in [2.05, 4.69) is 10.6 Å². The lowest BCUT2D eigenvalue weighted by Gasteiger charge is -2.30. The van der Waals surface area contributed by atoms with Gasteiger partial charge < -0.3 is 15.5 Å². The Morgan fingerprint density at radius 3 is 2.13 bits per heavy atom. The Hall–Kier alpha value is -1.10. The zero-order valence-corrected chi connectivity index (χ0v) is 10.2. The average Bonchev–Trinajstić information content (AvgIpc) is 2.24. The van der Waals surface area contributed by atoms with E-state index in [1.807, 2.05) is 6.92 Å². The van der Waals surface area contributed by atoms with Gasteiger partial charge in [0.15, 0.2) is 0 Å². The van der Waals surface area contributed by atoms with Gasteiger partial charge in [-0.3, -0.25) is 9.59 Å². The highest BCUT2D eigenvalue weighted by atomic mass is 16.2. The van der Waals surface area contributed by atoms with E-state index in [0.717, 1.165) is 0 Å². The monoisotopic (exact) mass is 215 g/mol. The van der Waals surface area contributed by atoms with E-state index >= 15 is 0 Å². The number of amides is 2. The molecule has 5 nitrogen and oxygen atoms in total. The first kappa shape index (κ1) is 13.9. The van der Waals surface area contributed by atoms with Crippen LogP contribution in [0.1, 0.15) is 20.8 Å². The second-order valence-corrected chi connectivity index (χ2v) is 3.87. The Morgan fingerprint density at radius 2 is 1.80 bits per heavy atom. The normalized spacial score (nSPS) is 11.0. The summed E-state index contributed by atoms with van der Waals surface area (Å²) in [5.74, 6) is -0.229. The highest BCUT2D eigenvalue weighted by Crippen LogP contribution is 2.06. The molecule has 0 saturated heterocycles. The third-order valence-electron chi connectivity index (χ3n) is 2.44. The number of hydrogen-bond acceptors (Lipinski definition) is 3. The SMILES string of the molecule is CCN(CC(=O)NC)C(=O)C(C)(C)NC. The van der Waals surface area contributed by atoms with Crippen molar-refractivity contribution in [2.24, 2.45) is 0 Å². The molecule has 0 aromatic carbocycles. The Labute approximate surface area is 91.2 Å². The first-order chi connectivity index (χ1) is 6.88. The van der Waals surface area contributed by atoms with Crippen LogP contribution < -0.4 is 10.6 Å². The number of nitrogens with zero attached hydrogens (tertiary/aromatic N) is 1. The molecule has 0 fully saturated rings. The fraction of sp³-hybridized carbons (Fsp3) is 0.800. The van der Waals surface area contributed by atoms with Crippen molar-refractivity contribution in [3.8, 4) is 0 Å². The highest BCUT2D eigenvalue weighted by Gasteiger charge is 2.30. The average molecular weight is 215 g/mol. The van der Waals surface area contributed by atoms with Gasteiger partial charge in [0.1, 0.15) is 0 Å². The molecule has 0 aliphatic carbocycles. The Balaban J connectivity index is 4.54. The second-order valence-electron chi connectivity index (χ2n) is 3.87. The van der Waals surface area contributed by atoms with Crippen LogP contribution in [-0.2, 0) is 9.59 Å². The van der Waals surface area contributed by atoms with Crippen molar-refractivity contribution in [2.45, 2.75) is 26.3 Å². The number of hydrogen-bond donors (Lipinski definition) is 2. The molecule has 0 heterocycles. The van der Waals surface area contributed by atoms with Gasteiger partial charge in [-0.2, -0.15) is 0 Å². The number of carbonyl (C=O) groups is 2. The molecule has 0 spiro atoms. The Kier molecular flexibility index (Phi) is 5.28. The van der Waals surface area contributed by atoms with E-state index in [4.69, 9.17) is 0 Å². The Bertz CT molecular complexity index is 239. The van der Waals surface area contributed by atoms with Crippen molar-refractivity contribution in [3.63, 3.8) is 0 Å². The molecule has 2 amide bonds. The van der Waals surface area contributed by atoms with Crippen LogP contribution in [0, 0.1) is 0 Å². The van der Waals surface area contributed by atoms with Crippen molar-refractivity contribution >= 4 is 11.8 Å². The summed E-state index contributed by atoms with van der Waals surface area (Å²) in [6, 6.07) is 0. The van der Waals surface area contributed by atoms with E-state index < -0.39 is 5.54 Å². The third kappa shape index (κ3) is 3.87. The fourth-order valence-electron chi connectivity index (χ4n) is 1.08. The van der Waals surface area contributed by atoms with Gasteiger partial charge in [0.2, 0.25) is 11.8 Å². The fourth-order valence-corrected chi connectivity index (χ4v) is 1.08. The summed E-state index contributed by atoms with van der Waals surface area (Å²) >= 11 is 0. The summed E-state index contributed by atoms with van der Waals surface area (Å²) in [5, 5.41) is 5.43. The van der Waals surface area contributed by atoms with E-state index in [1.165, 1.54) is 4.90 Å². The van der Waals surface area contributed by atoms with Crippen LogP contribution >= 0.6 is 0 Å². The standard InChI is InChI=1S/C10H21N3O2/c1-6-13(7-8(14)11-4)9(15)10(2,3)12-5/h12H,6-7H2,1-5H3,(H,11,14). The third-order valence-corrected chi connectivity index (χ3v) is 2.44. The minimum Gasteiger partial charge on any atom is -0.358 e. The van der Waals surface area contributed by atoms with Gasteiger partial charge in [-0.25, -0.2) is 0 Å². The Morgan fingerprint density at radius 1 is 1.27 bits per heavy atom. The predicted octanol–water partition coefficient (Wildman–Crippen LogP) is -0.421. The zero-order chi connectivity index (χ0) is 12.1. The summed E-state index contributed by atoms with van der Waals surface area (Å²) in [5.41, 5.74) is -0.635. The molecule has 0 saturated carbocycles. The van der Waals surface area contributed by atoms with Crippen LogP contribution in [0.5, 0.6) is 0 Å². The van der Waals surface area contributed by atoms with Crippen LogP contribution in [0.3, 0.4) is 0 Å². The van der Waals surface area contributed by atoms with E-state index in [1.54, 1.807) is 27.9 Å². The van der Waals surface area contributed by atoms with Crippen molar-refractivity contribution in [3.05, 3.63) is 0 Å². The molecule has 0 aliphatic rings. The molecule has 0 aromatic heterocycles. The van der Waals surface area contributed by atoms with Crippen LogP contribution in [0.2, 0.25) is 0 Å². The lowest BCUT2D eigenvalue weighted by molar-refractivity contribution is -0.140. The molecule has 0 rings (SSSR count). The molecule has 0 unspecified atom stereocenters. The largest absolute Gasteiger partial charge is 0.358 e. The van der Waals surface area contributed by atoms with Crippen molar-refractivity contribution in [1.29, 1.82) is 0 Å². The molecule has 5 heteroatoms. The maximum absolute atomic E-state index is 12.0. The number of carbonyl (C=O) groups excluding carboxylic acids is 2. The highest BCUT2D eigenvalue weighted by molar-refractivity contribution is 5.89. The summed E-state index contributed by atoms with van der Waals surface area (Å²) in [4.78, 5) is 24.7. The molecule has 0 aromatic rings. The van der Waals surface area contributed by atoms with Gasteiger partial charge >= 0.3 is 0 Å². The van der Waals surface area contributed by atoms with Gasteiger partial charge in [-0.1, -0.05) is 0 Å². The molecule has 0 atom stereocenters. The smallest absolute Gasteiger partial charge is 0.242 e. The molecule has 2 N–H and O–H groups in total. The first-order valence-corrected chi connectivity index (χ1v) is 5.07. The molecular weight excluding hydrogens is 194 g/mol. The maximum Gasteiger partial charge on any atom is 0.242 e.